The zero-order chi connectivity index (χ0) is 13.6. The van der Waals surface area contributed by atoms with Gasteiger partial charge in [0.1, 0.15) is 6.04 Å². The Bertz CT molecular complexity index is 269. The van der Waals surface area contributed by atoms with Gasteiger partial charge in [-0.2, -0.15) is 0 Å². The summed E-state index contributed by atoms with van der Waals surface area (Å²) in [5, 5.41) is 14.6. The summed E-state index contributed by atoms with van der Waals surface area (Å²) in [6.45, 7) is 9.66. The molecule has 0 spiro atoms. The van der Waals surface area contributed by atoms with E-state index in [4.69, 9.17) is 5.11 Å². The molecule has 0 aliphatic heterocycles. The average molecular weight is 244 g/mol. The highest BCUT2D eigenvalue weighted by atomic mass is 16.4. The van der Waals surface area contributed by atoms with E-state index in [9.17, 15) is 9.59 Å². The van der Waals surface area contributed by atoms with Crippen LogP contribution in [0.4, 0.5) is 0 Å². The predicted octanol–water partition coefficient (Wildman–Crippen LogP) is 0.990. The van der Waals surface area contributed by atoms with Gasteiger partial charge in [-0.15, -0.1) is 0 Å². The monoisotopic (exact) mass is 244 g/mol. The van der Waals surface area contributed by atoms with Gasteiger partial charge in [0, 0.05) is 18.5 Å². The van der Waals surface area contributed by atoms with Crippen LogP contribution in [0.5, 0.6) is 0 Å². The van der Waals surface area contributed by atoms with Crippen LogP contribution in [0.1, 0.15) is 41.0 Å². The molecule has 100 valence electrons. The lowest BCUT2D eigenvalue weighted by molar-refractivity contribution is -0.140. The molecule has 5 nitrogen and oxygen atoms in total. The Kier molecular flexibility index (Phi) is 6.16. The molecule has 3 N–H and O–H groups in total. The van der Waals surface area contributed by atoms with Crippen molar-refractivity contribution in [3.63, 3.8) is 0 Å². The van der Waals surface area contributed by atoms with E-state index in [1.54, 1.807) is 0 Å². The highest BCUT2D eigenvalue weighted by Crippen LogP contribution is 2.02. The van der Waals surface area contributed by atoms with Crippen LogP contribution in [0.15, 0.2) is 0 Å². The lowest BCUT2D eigenvalue weighted by atomic mass is 10.1. The van der Waals surface area contributed by atoms with Crippen LogP contribution in [0.2, 0.25) is 0 Å². The summed E-state index contributed by atoms with van der Waals surface area (Å²) in [6, 6.07) is -0.758. The van der Waals surface area contributed by atoms with Crippen molar-refractivity contribution < 1.29 is 14.7 Å². The minimum absolute atomic E-state index is 0.109. The maximum Gasteiger partial charge on any atom is 0.322 e. The second-order valence-corrected chi connectivity index (χ2v) is 5.69. The average Bonchev–Trinajstić information content (AvgIpc) is 2.08. The minimum Gasteiger partial charge on any atom is -0.480 e. The molecule has 0 fully saturated rings. The summed E-state index contributed by atoms with van der Waals surface area (Å²) in [4.78, 5) is 22.4. The molecule has 0 aromatic rings. The summed E-state index contributed by atoms with van der Waals surface area (Å²) in [6.07, 6.45) is 0.419. The molecule has 0 saturated carbocycles. The molecule has 5 heteroatoms. The first-order chi connectivity index (χ1) is 7.61. The van der Waals surface area contributed by atoms with Gasteiger partial charge in [0.2, 0.25) is 5.91 Å². The SMILES string of the molecule is CC(C)CC(=O)NC[C@H](NC(C)(C)C)C(=O)O. The highest BCUT2D eigenvalue weighted by Gasteiger charge is 2.23. The van der Waals surface area contributed by atoms with Crippen LogP contribution in [0, 0.1) is 5.92 Å². The molecular weight excluding hydrogens is 220 g/mol. The van der Waals surface area contributed by atoms with E-state index in [0.29, 0.717) is 6.42 Å². The number of carbonyl (C=O) groups excluding carboxylic acids is 1. The molecule has 17 heavy (non-hydrogen) atoms. The normalized spacial score (nSPS) is 13.5. The fourth-order valence-electron chi connectivity index (χ4n) is 1.38. The third kappa shape index (κ3) is 8.68. The maximum absolute atomic E-state index is 11.4. The van der Waals surface area contributed by atoms with Crippen LogP contribution in [0.25, 0.3) is 0 Å². The standard InChI is InChI=1S/C12H24N2O3/c1-8(2)6-10(15)13-7-9(11(16)17)14-12(3,4)5/h8-9,14H,6-7H2,1-5H3,(H,13,15)(H,16,17)/t9-/m0/s1. The first-order valence-corrected chi connectivity index (χ1v) is 5.89. The predicted molar refractivity (Wildman–Crippen MR) is 66.8 cm³/mol. The van der Waals surface area contributed by atoms with E-state index in [0.717, 1.165) is 0 Å². The molecule has 0 saturated heterocycles. The topological polar surface area (TPSA) is 78.4 Å². The summed E-state index contributed by atoms with van der Waals surface area (Å²) >= 11 is 0. The fourth-order valence-corrected chi connectivity index (χ4v) is 1.38. The van der Waals surface area contributed by atoms with Crippen molar-refractivity contribution in [2.45, 2.75) is 52.6 Å². The quantitative estimate of drug-likeness (QED) is 0.651. The van der Waals surface area contributed by atoms with Crippen LogP contribution in [-0.2, 0) is 9.59 Å². The number of carbonyl (C=O) groups is 2. The molecule has 0 aliphatic carbocycles. The van der Waals surface area contributed by atoms with E-state index in [1.165, 1.54) is 0 Å². The molecule has 0 heterocycles. The third-order valence-electron chi connectivity index (χ3n) is 2.00. The molecule has 0 aromatic carbocycles. The van der Waals surface area contributed by atoms with Crippen LogP contribution < -0.4 is 10.6 Å². The zero-order valence-electron chi connectivity index (χ0n) is 11.3. The molecule has 0 radical (unpaired) electrons. The molecule has 0 aliphatic rings. The van der Waals surface area contributed by atoms with Gasteiger partial charge in [-0.05, 0) is 26.7 Å². The van der Waals surface area contributed by atoms with Crippen molar-refractivity contribution in [3.8, 4) is 0 Å². The van der Waals surface area contributed by atoms with Crippen molar-refractivity contribution in [1.29, 1.82) is 0 Å². The van der Waals surface area contributed by atoms with E-state index >= 15 is 0 Å². The third-order valence-corrected chi connectivity index (χ3v) is 2.00. The van der Waals surface area contributed by atoms with Crippen LogP contribution in [0.3, 0.4) is 0 Å². The van der Waals surface area contributed by atoms with E-state index < -0.39 is 12.0 Å². The van der Waals surface area contributed by atoms with Gasteiger partial charge in [0.25, 0.3) is 0 Å². The number of rotatable bonds is 6. The van der Waals surface area contributed by atoms with Crippen molar-refractivity contribution >= 4 is 11.9 Å². The van der Waals surface area contributed by atoms with Crippen LogP contribution in [-0.4, -0.2) is 35.1 Å². The molecule has 0 rings (SSSR count). The Hall–Kier alpha value is -1.10. The maximum atomic E-state index is 11.4. The van der Waals surface area contributed by atoms with Crippen molar-refractivity contribution in [2.24, 2.45) is 5.92 Å². The number of carboxylic acid groups (broad SMARTS) is 1. The van der Waals surface area contributed by atoms with E-state index in [2.05, 4.69) is 10.6 Å². The number of nitrogens with one attached hydrogen (secondary N) is 2. The van der Waals surface area contributed by atoms with Gasteiger partial charge in [-0.3, -0.25) is 14.9 Å². The lowest BCUT2D eigenvalue weighted by Gasteiger charge is -2.26. The van der Waals surface area contributed by atoms with Crippen molar-refractivity contribution in [2.75, 3.05) is 6.54 Å². The number of hydrogen-bond acceptors (Lipinski definition) is 3. The van der Waals surface area contributed by atoms with Gasteiger partial charge < -0.3 is 10.4 Å². The van der Waals surface area contributed by atoms with Gasteiger partial charge in [0.15, 0.2) is 0 Å². The molecular formula is C12H24N2O3. The Morgan fingerprint density at radius 2 is 1.76 bits per heavy atom. The smallest absolute Gasteiger partial charge is 0.322 e. The van der Waals surface area contributed by atoms with Gasteiger partial charge in [0.05, 0.1) is 0 Å². The first kappa shape index (κ1) is 15.9. The highest BCUT2D eigenvalue weighted by molar-refractivity contribution is 5.78. The second kappa shape index (κ2) is 6.59. The number of hydrogen-bond donors (Lipinski definition) is 3. The van der Waals surface area contributed by atoms with E-state index in [-0.39, 0.29) is 23.9 Å². The van der Waals surface area contributed by atoms with Gasteiger partial charge in [-0.25, -0.2) is 0 Å². The lowest BCUT2D eigenvalue weighted by Crippen LogP contribution is -2.53. The van der Waals surface area contributed by atoms with Gasteiger partial charge >= 0.3 is 5.97 Å². The largest absolute Gasteiger partial charge is 0.480 e. The minimum atomic E-state index is -0.954. The number of aliphatic carboxylic acids is 1. The molecule has 1 atom stereocenters. The van der Waals surface area contributed by atoms with Crippen LogP contribution >= 0.6 is 0 Å². The first-order valence-electron chi connectivity index (χ1n) is 5.89. The molecule has 0 aromatic heterocycles. The summed E-state index contributed by atoms with van der Waals surface area (Å²) < 4.78 is 0. The molecule has 0 bridgehead atoms. The zero-order valence-corrected chi connectivity index (χ0v) is 11.3. The van der Waals surface area contributed by atoms with Crippen molar-refractivity contribution in [3.05, 3.63) is 0 Å². The molecule has 1 amide bonds. The Morgan fingerprint density at radius 1 is 1.24 bits per heavy atom. The summed E-state index contributed by atoms with van der Waals surface area (Å²) in [5.41, 5.74) is -0.300. The Balaban J connectivity index is 4.19. The summed E-state index contributed by atoms with van der Waals surface area (Å²) in [5.74, 6) is -0.791. The fraction of sp³-hybridized carbons (Fsp3) is 0.833. The Morgan fingerprint density at radius 3 is 2.12 bits per heavy atom. The number of carboxylic acids is 1. The Labute approximate surface area is 103 Å². The van der Waals surface area contributed by atoms with E-state index in [1.807, 2.05) is 34.6 Å². The summed E-state index contributed by atoms with van der Waals surface area (Å²) in [7, 11) is 0. The molecule has 0 unspecified atom stereocenters. The number of amides is 1. The van der Waals surface area contributed by atoms with Crippen molar-refractivity contribution in [1.82, 2.24) is 10.6 Å². The second-order valence-electron chi connectivity index (χ2n) is 5.69. The van der Waals surface area contributed by atoms with Gasteiger partial charge in [-0.1, -0.05) is 13.8 Å².